The normalized spacial score (nSPS) is 12.0. The van der Waals surface area contributed by atoms with Crippen LogP contribution in [0.25, 0.3) is 0 Å². The monoisotopic (exact) mass is 339 g/mol. The third kappa shape index (κ3) is 2.88. The summed E-state index contributed by atoms with van der Waals surface area (Å²) in [5.74, 6) is -1.55. The van der Waals surface area contributed by atoms with Crippen molar-refractivity contribution in [1.82, 2.24) is 0 Å². The highest BCUT2D eigenvalue weighted by atomic mass is 79.9. The zero-order chi connectivity index (χ0) is 14.7. The van der Waals surface area contributed by atoms with Crippen molar-refractivity contribution >= 4 is 27.5 Å². The molecule has 0 aliphatic heterocycles. The van der Waals surface area contributed by atoms with Crippen molar-refractivity contribution in [3.05, 3.63) is 64.4 Å². The molecule has 0 N–H and O–H groups in total. The summed E-state index contributed by atoms with van der Waals surface area (Å²) in [5.41, 5.74) is 0.271. The number of rotatable bonds is 3. The van der Waals surface area contributed by atoms with Crippen molar-refractivity contribution in [2.75, 3.05) is 11.9 Å². The topological polar surface area (TPSA) is 20.3 Å². The van der Waals surface area contributed by atoms with E-state index in [1.807, 2.05) is 0 Å². The SMILES string of the molecule is CN(C(=O)C(F)c1ccccc1F)c1ccccc1Br. The van der Waals surface area contributed by atoms with E-state index in [9.17, 15) is 13.6 Å². The molecular weight excluding hydrogens is 328 g/mol. The average Bonchev–Trinajstić information content (AvgIpc) is 2.46. The second-order valence-electron chi connectivity index (χ2n) is 4.23. The van der Waals surface area contributed by atoms with Gasteiger partial charge < -0.3 is 4.90 Å². The number of anilines is 1. The summed E-state index contributed by atoms with van der Waals surface area (Å²) in [6, 6.07) is 12.3. The molecule has 2 rings (SSSR count). The Labute approximate surface area is 124 Å². The van der Waals surface area contributed by atoms with Crippen molar-refractivity contribution in [3.8, 4) is 0 Å². The highest BCUT2D eigenvalue weighted by Gasteiger charge is 2.27. The van der Waals surface area contributed by atoms with Gasteiger partial charge in [0.15, 0.2) is 0 Å². The van der Waals surface area contributed by atoms with Crippen LogP contribution in [0.1, 0.15) is 11.7 Å². The van der Waals surface area contributed by atoms with E-state index < -0.39 is 17.9 Å². The molecule has 0 bridgehead atoms. The number of halogens is 3. The van der Waals surface area contributed by atoms with E-state index in [0.29, 0.717) is 10.2 Å². The first-order chi connectivity index (χ1) is 9.52. The van der Waals surface area contributed by atoms with E-state index in [4.69, 9.17) is 0 Å². The minimum atomic E-state index is -2.03. The maximum atomic E-state index is 14.2. The second-order valence-corrected chi connectivity index (χ2v) is 5.09. The fourth-order valence-electron chi connectivity index (χ4n) is 1.83. The minimum Gasteiger partial charge on any atom is -0.312 e. The molecule has 2 aromatic carbocycles. The molecule has 104 valence electrons. The van der Waals surface area contributed by atoms with Crippen LogP contribution in [0.4, 0.5) is 14.5 Å². The molecule has 0 radical (unpaired) electrons. The number of hydrogen-bond acceptors (Lipinski definition) is 1. The number of para-hydroxylation sites is 1. The van der Waals surface area contributed by atoms with Crippen LogP contribution in [-0.2, 0) is 4.79 Å². The molecule has 20 heavy (non-hydrogen) atoms. The van der Waals surface area contributed by atoms with Gasteiger partial charge in [0, 0.05) is 17.1 Å². The van der Waals surface area contributed by atoms with Gasteiger partial charge in [0.05, 0.1) is 5.69 Å². The lowest BCUT2D eigenvalue weighted by Gasteiger charge is -2.21. The van der Waals surface area contributed by atoms with E-state index in [0.717, 1.165) is 6.07 Å². The van der Waals surface area contributed by atoms with Crippen molar-refractivity contribution in [3.63, 3.8) is 0 Å². The number of carbonyl (C=O) groups excluding carboxylic acids is 1. The Kier molecular flexibility index (Phi) is 4.49. The van der Waals surface area contributed by atoms with Crippen LogP contribution in [-0.4, -0.2) is 13.0 Å². The van der Waals surface area contributed by atoms with Crippen LogP contribution < -0.4 is 4.90 Å². The Hall–Kier alpha value is -1.75. The molecule has 1 unspecified atom stereocenters. The predicted octanol–water partition coefficient (Wildman–Crippen LogP) is 4.26. The summed E-state index contributed by atoms with van der Waals surface area (Å²) < 4.78 is 28.4. The van der Waals surface area contributed by atoms with Gasteiger partial charge in [0.1, 0.15) is 5.82 Å². The number of likely N-dealkylation sites (N-methyl/N-ethyl adjacent to an activating group) is 1. The zero-order valence-electron chi connectivity index (χ0n) is 10.7. The van der Waals surface area contributed by atoms with Gasteiger partial charge in [0.2, 0.25) is 6.17 Å². The summed E-state index contributed by atoms with van der Waals surface area (Å²) in [6.45, 7) is 0. The largest absolute Gasteiger partial charge is 0.312 e. The lowest BCUT2D eigenvalue weighted by molar-refractivity contribution is -0.123. The number of nitrogens with zero attached hydrogens (tertiary/aromatic N) is 1. The molecule has 0 saturated carbocycles. The fourth-order valence-corrected chi connectivity index (χ4v) is 2.38. The Morgan fingerprint density at radius 2 is 1.75 bits per heavy atom. The fraction of sp³-hybridized carbons (Fsp3) is 0.133. The Bertz CT molecular complexity index is 579. The van der Waals surface area contributed by atoms with Crippen molar-refractivity contribution < 1.29 is 13.6 Å². The molecule has 0 heterocycles. The van der Waals surface area contributed by atoms with Crippen LogP contribution in [0.2, 0.25) is 0 Å². The lowest BCUT2D eigenvalue weighted by atomic mass is 10.1. The van der Waals surface area contributed by atoms with Crippen LogP contribution in [0, 0.1) is 5.82 Å². The lowest BCUT2D eigenvalue weighted by Crippen LogP contribution is -2.30. The van der Waals surface area contributed by atoms with E-state index in [-0.39, 0.29) is 5.56 Å². The van der Waals surface area contributed by atoms with E-state index in [1.165, 1.54) is 30.1 Å². The number of benzene rings is 2. The highest BCUT2D eigenvalue weighted by Crippen LogP contribution is 2.29. The quantitative estimate of drug-likeness (QED) is 0.818. The van der Waals surface area contributed by atoms with Crippen LogP contribution >= 0.6 is 15.9 Å². The summed E-state index contributed by atoms with van der Waals surface area (Å²) in [5, 5.41) is 0. The Morgan fingerprint density at radius 3 is 2.40 bits per heavy atom. The Balaban J connectivity index is 2.28. The van der Waals surface area contributed by atoms with Gasteiger partial charge in [-0.05, 0) is 34.1 Å². The molecule has 0 spiro atoms. The molecule has 5 heteroatoms. The van der Waals surface area contributed by atoms with E-state index >= 15 is 0 Å². The summed E-state index contributed by atoms with van der Waals surface area (Å²) in [4.78, 5) is 13.3. The van der Waals surface area contributed by atoms with Crippen LogP contribution in [0.15, 0.2) is 53.0 Å². The van der Waals surface area contributed by atoms with E-state index in [1.54, 1.807) is 24.3 Å². The summed E-state index contributed by atoms with van der Waals surface area (Å²) in [6.07, 6.45) is -2.03. The predicted molar refractivity (Wildman–Crippen MR) is 77.8 cm³/mol. The van der Waals surface area contributed by atoms with Crippen molar-refractivity contribution in [2.45, 2.75) is 6.17 Å². The number of carbonyl (C=O) groups is 1. The number of hydrogen-bond donors (Lipinski definition) is 0. The highest BCUT2D eigenvalue weighted by molar-refractivity contribution is 9.10. The second kappa shape index (κ2) is 6.13. The standard InChI is InChI=1S/C15H12BrF2NO/c1-19(13-9-5-3-7-11(13)16)15(20)14(18)10-6-2-4-8-12(10)17/h2-9,14H,1H3. The molecule has 2 aromatic rings. The zero-order valence-corrected chi connectivity index (χ0v) is 12.3. The summed E-state index contributed by atoms with van der Waals surface area (Å²) >= 11 is 3.29. The summed E-state index contributed by atoms with van der Waals surface area (Å²) in [7, 11) is 1.45. The molecule has 0 fully saturated rings. The molecule has 0 aromatic heterocycles. The third-order valence-electron chi connectivity index (χ3n) is 2.94. The van der Waals surface area contributed by atoms with Crippen LogP contribution in [0.5, 0.6) is 0 Å². The van der Waals surface area contributed by atoms with Gasteiger partial charge in [-0.2, -0.15) is 0 Å². The minimum absolute atomic E-state index is 0.253. The first-order valence-electron chi connectivity index (χ1n) is 5.93. The van der Waals surface area contributed by atoms with Gasteiger partial charge in [-0.3, -0.25) is 4.79 Å². The van der Waals surface area contributed by atoms with Crippen molar-refractivity contribution in [2.24, 2.45) is 0 Å². The molecule has 1 amide bonds. The Morgan fingerprint density at radius 1 is 1.15 bits per heavy atom. The van der Waals surface area contributed by atoms with Gasteiger partial charge in [-0.25, -0.2) is 8.78 Å². The molecule has 0 aliphatic carbocycles. The third-order valence-corrected chi connectivity index (χ3v) is 3.61. The first-order valence-corrected chi connectivity index (χ1v) is 6.72. The molecular formula is C15H12BrF2NO. The van der Waals surface area contributed by atoms with Crippen molar-refractivity contribution in [1.29, 1.82) is 0 Å². The smallest absolute Gasteiger partial charge is 0.266 e. The average molecular weight is 340 g/mol. The van der Waals surface area contributed by atoms with Crippen LogP contribution in [0.3, 0.4) is 0 Å². The number of amides is 1. The van der Waals surface area contributed by atoms with Gasteiger partial charge in [-0.15, -0.1) is 0 Å². The van der Waals surface area contributed by atoms with E-state index in [2.05, 4.69) is 15.9 Å². The molecule has 2 nitrogen and oxygen atoms in total. The molecule has 0 aliphatic rings. The number of alkyl halides is 1. The first kappa shape index (κ1) is 14.7. The molecule has 0 saturated heterocycles. The van der Waals surface area contributed by atoms with Gasteiger partial charge >= 0.3 is 0 Å². The molecule has 1 atom stereocenters. The maximum absolute atomic E-state index is 14.2. The van der Waals surface area contributed by atoms with Gasteiger partial charge in [0.25, 0.3) is 5.91 Å². The van der Waals surface area contributed by atoms with Gasteiger partial charge in [-0.1, -0.05) is 30.3 Å². The maximum Gasteiger partial charge on any atom is 0.266 e.